The number of hydrogen-bond donors (Lipinski definition) is 1. The molecular weight excluding hydrogens is 198 g/mol. The van der Waals surface area contributed by atoms with E-state index in [-0.39, 0.29) is 0 Å². The highest BCUT2D eigenvalue weighted by Crippen LogP contribution is 2.24. The summed E-state index contributed by atoms with van der Waals surface area (Å²) in [7, 11) is 2.07. The van der Waals surface area contributed by atoms with E-state index < -0.39 is 0 Å². The van der Waals surface area contributed by atoms with Crippen molar-refractivity contribution in [2.45, 2.75) is 38.8 Å². The van der Waals surface area contributed by atoms with Gasteiger partial charge in [-0.15, -0.1) is 0 Å². The lowest BCUT2D eigenvalue weighted by atomic mass is 10.00. The summed E-state index contributed by atoms with van der Waals surface area (Å²) in [5, 5.41) is 3.35. The molecule has 2 rings (SSSR count). The van der Waals surface area contributed by atoms with E-state index in [1.54, 1.807) is 0 Å². The van der Waals surface area contributed by atoms with E-state index in [4.69, 9.17) is 0 Å². The molecule has 2 aliphatic rings. The average molecular weight is 225 g/mol. The molecule has 1 N–H and O–H groups in total. The first-order chi connectivity index (χ1) is 7.72. The fraction of sp³-hybridized carbons (Fsp3) is 1.00. The Bertz CT molecular complexity index is 217. The molecule has 2 heterocycles. The largest absolute Gasteiger partial charge is 0.318 e. The summed E-state index contributed by atoms with van der Waals surface area (Å²) in [6.07, 6.45) is 2.83. The van der Waals surface area contributed by atoms with Crippen molar-refractivity contribution in [3.05, 3.63) is 0 Å². The standard InChI is InChI=1S/C13H27N3/c1-11(2)13(9-14-3)16-8-7-15-6-4-5-12(15)10-16/h11-14H,4-10H2,1-3H3. The van der Waals surface area contributed by atoms with Gasteiger partial charge in [-0.25, -0.2) is 0 Å². The van der Waals surface area contributed by atoms with Crippen LogP contribution in [-0.4, -0.2) is 61.7 Å². The fourth-order valence-electron chi connectivity index (χ4n) is 3.31. The third-order valence-corrected chi connectivity index (χ3v) is 4.27. The summed E-state index contributed by atoms with van der Waals surface area (Å²) < 4.78 is 0. The van der Waals surface area contributed by atoms with Gasteiger partial charge in [0.2, 0.25) is 0 Å². The van der Waals surface area contributed by atoms with Gasteiger partial charge in [0.1, 0.15) is 0 Å². The topological polar surface area (TPSA) is 18.5 Å². The maximum absolute atomic E-state index is 3.35. The molecule has 0 radical (unpaired) electrons. The minimum absolute atomic E-state index is 0.716. The van der Waals surface area contributed by atoms with Gasteiger partial charge in [-0.05, 0) is 32.4 Å². The van der Waals surface area contributed by atoms with Crippen molar-refractivity contribution in [1.82, 2.24) is 15.1 Å². The van der Waals surface area contributed by atoms with Crippen LogP contribution < -0.4 is 5.32 Å². The van der Waals surface area contributed by atoms with Gasteiger partial charge >= 0.3 is 0 Å². The summed E-state index contributed by atoms with van der Waals surface area (Å²) in [5.41, 5.74) is 0. The molecule has 2 unspecified atom stereocenters. The molecule has 3 heteroatoms. The lowest BCUT2D eigenvalue weighted by Crippen LogP contribution is -2.56. The van der Waals surface area contributed by atoms with Gasteiger partial charge in [0, 0.05) is 38.3 Å². The molecule has 0 aromatic rings. The lowest BCUT2D eigenvalue weighted by Gasteiger charge is -2.43. The zero-order valence-electron chi connectivity index (χ0n) is 11.1. The van der Waals surface area contributed by atoms with Crippen LogP contribution in [0.15, 0.2) is 0 Å². The van der Waals surface area contributed by atoms with Crippen molar-refractivity contribution in [3.8, 4) is 0 Å². The molecule has 0 aromatic heterocycles. The molecule has 0 saturated carbocycles. The molecule has 2 aliphatic heterocycles. The van der Waals surface area contributed by atoms with E-state index in [9.17, 15) is 0 Å². The summed E-state index contributed by atoms with van der Waals surface area (Å²) in [6.45, 7) is 11.0. The van der Waals surface area contributed by atoms with Gasteiger partial charge in [0.25, 0.3) is 0 Å². The van der Waals surface area contributed by atoms with E-state index in [0.29, 0.717) is 6.04 Å². The van der Waals surface area contributed by atoms with Crippen LogP contribution in [0.5, 0.6) is 0 Å². The van der Waals surface area contributed by atoms with Crippen molar-refractivity contribution in [2.75, 3.05) is 39.8 Å². The fourth-order valence-corrected chi connectivity index (χ4v) is 3.31. The molecule has 2 fully saturated rings. The number of fused-ring (bicyclic) bond motifs is 1. The Hall–Kier alpha value is -0.120. The predicted molar refractivity (Wildman–Crippen MR) is 68.7 cm³/mol. The zero-order valence-corrected chi connectivity index (χ0v) is 11.1. The minimum atomic E-state index is 0.716. The Morgan fingerprint density at radius 3 is 2.75 bits per heavy atom. The van der Waals surface area contributed by atoms with Gasteiger partial charge in [0.15, 0.2) is 0 Å². The summed E-state index contributed by atoms with van der Waals surface area (Å²) >= 11 is 0. The molecule has 2 saturated heterocycles. The predicted octanol–water partition coefficient (Wildman–Crippen LogP) is 1.01. The normalized spacial score (nSPS) is 29.6. The van der Waals surface area contributed by atoms with E-state index in [0.717, 1.165) is 18.5 Å². The highest BCUT2D eigenvalue weighted by Gasteiger charge is 2.33. The maximum Gasteiger partial charge on any atom is 0.0244 e. The number of nitrogens with zero attached hydrogens (tertiary/aromatic N) is 2. The summed E-state index contributed by atoms with van der Waals surface area (Å²) in [4.78, 5) is 5.40. The molecule has 0 aromatic carbocycles. The third-order valence-electron chi connectivity index (χ3n) is 4.27. The molecule has 0 amide bonds. The SMILES string of the molecule is CNCC(C(C)C)N1CCN2CCCC2C1. The smallest absolute Gasteiger partial charge is 0.0244 e. The van der Waals surface area contributed by atoms with Crippen LogP contribution in [0.25, 0.3) is 0 Å². The van der Waals surface area contributed by atoms with Crippen LogP contribution in [-0.2, 0) is 0 Å². The van der Waals surface area contributed by atoms with Gasteiger partial charge in [-0.1, -0.05) is 13.8 Å². The molecule has 94 valence electrons. The van der Waals surface area contributed by atoms with E-state index in [2.05, 4.69) is 36.0 Å². The number of likely N-dealkylation sites (N-methyl/N-ethyl adjacent to an activating group) is 1. The van der Waals surface area contributed by atoms with Crippen LogP contribution in [0.4, 0.5) is 0 Å². The molecule has 3 nitrogen and oxygen atoms in total. The number of hydrogen-bond acceptors (Lipinski definition) is 3. The van der Waals surface area contributed by atoms with Gasteiger partial charge < -0.3 is 5.32 Å². The van der Waals surface area contributed by atoms with Crippen LogP contribution >= 0.6 is 0 Å². The second-order valence-electron chi connectivity index (χ2n) is 5.70. The van der Waals surface area contributed by atoms with E-state index in [1.165, 1.54) is 39.0 Å². The first kappa shape index (κ1) is 12.3. The monoisotopic (exact) mass is 225 g/mol. The first-order valence-electron chi connectivity index (χ1n) is 6.85. The number of nitrogens with one attached hydrogen (secondary N) is 1. The Morgan fingerprint density at radius 2 is 2.06 bits per heavy atom. The second kappa shape index (κ2) is 5.48. The maximum atomic E-state index is 3.35. The Kier molecular flexibility index (Phi) is 4.22. The van der Waals surface area contributed by atoms with Gasteiger partial charge in [-0.3, -0.25) is 9.80 Å². The van der Waals surface area contributed by atoms with Crippen molar-refractivity contribution in [3.63, 3.8) is 0 Å². The van der Waals surface area contributed by atoms with Crippen LogP contribution in [0.2, 0.25) is 0 Å². The molecule has 16 heavy (non-hydrogen) atoms. The molecule has 0 aliphatic carbocycles. The molecule has 2 atom stereocenters. The van der Waals surface area contributed by atoms with Crippen molar-refractivity contribution < 1.29 is 0 Å². The Balaban J connectivity index is 1.93. The molecular formula is C13H27N3. The van der Waals surface area contributed by atoms with Crippen molar-refractivity contribution in [2.24, 2.45) is 5.92 Å². The average Bonchev–Trinajstić information content (AvgIpc) is 2.72. The Morgan fingerprint density at radius 1 is 1.25 bits per heavy atom. The first-order valence-corrected chi connectivity index (χ1v) is 6.85. The minimum Gasteiger partial charge on any atom is -0.318 e. The van der Waals surface area contributed by atoms with Crippen LogP contribution in [0.3, 0.4) is 0 Å². The lowest BCUT2D eigenvalue weighted by molar-refractivity contribution is 0.0551. The highest BCUT2D eigenvalue weighted by molar-refractivity contribution is 4.90. The third kappa shape index (κ3) is 2.58. The zero-order chi connectivity index (χ0) is 11.5. The number of rotatable bonds is 4. The summed E-state index contributed by atoms with van der Waals surface area (Å²) in [6, 6.07) is 1.57. The van der Waals surface area contributed by atoms with Crippen molar-refractivity contribution >= 4 is 0 Å². The number of piperazine rings is 1. The van der Waals surface area contributed by atoms with E-state index in [1.807, 2.05) is 0 Å². The quantitative estimate of drug-likeness (QED) is 0.770. The highest BCUT2D eigenvalue weighted by atomic mass is 15.3. The van der Waals surface area contributed by atoms with Crippen LogP contribution in [0.1, 0.15) is 26.7 Å². The van der Waals surface area contributed by atoms with Gasteiger partial charge in [0.05, 0.1) is 0 Å². The van der Waals surface area contributed by atoms with E-state index >= 15 is 0 Å². The Labute approximate surface area is 100 Å². The van der Waals surface area contributed by atoms with Crippen LogP contribution in [0, 0.1) is 5.92 Å². The van der Waals surface area contributed by atoms with Gasteiger partial charge in [-0.2, -0.15) is 0 Å². The van der Waals surface area contributed by atoms with Crippen molar-refractivity contribution in [1.29, 1.82) is 0 Å². The summed E-state index contributed by atoms with van der Waals surface area (Å²) in [5.74, 6) is 0.750. The molecule has 0 bridgehead atoms. The second-order valence-corrected chi connectivity index (χ2v) is 5.70. The molecule has 0 spiro atoms.